The maximum atomic E-state index is 12.6. The van der Waals surface area contributed by atoms with E-state index in [0.717, 1.165) is 29.9 Å². The number of nitrogens with zero attached hydrogens (tertiary/aromatic N) is 5. The van der Waals surface area contributed by atoms with Gasteiger partial charge in [0.25, 0.3) is 0 Å². The topological polar surface area (TPSA) is 89.5 Å². The van der Waals surface area contributed by atoms with Crippen molar-refractivity contribution < 1.29 is 4.79 Å². The summed E-state index contributed by atoms with van der Waals surface area (Å²) in [4.78, 5) is 20.9. The number of thioether (sulfide) groups is 1. The lowest BCUT2D eigenvalue weighted by Crippen LogP contribution is -2.52. The first-order valence-electron chi connectivity index (χ1n) is 10.3. The third kappa shape index (κ3) is 4.19. The standard InChI is InChI=1S/C22H23N7OS/c30-19(14-31-22-23-15-24-27-22)28-10-12-29(13-11-28)21-18-9-5-4-8-17(18)20(25-26-21)16-6-2-1-3-7-16/h1-9,15,21,26H,10-14H2,(H,23,24,27). The molecule has 1 unspecified atom stereocenters. The molecule has 1 fully saturated rings. The number of carbonyl (C=O) groups excluding carboxylic acids is 1. The monoisotopic (exact) mass is 433 g/mol. The molecular formula is C22H23N7OS. The molecule has 2 aliphatic heterocycles. The third-order valence-electron chi connectivity index (χ3n) is 5.61. The number of aromatic nitrogens is 3. The van der Waals surface area contributed by atoms with Crippen molar-refractivity contribution in [3.8, 4) is 0 Å². The second-order valence-electron chi connectivity index (χ2n) is 7.44. The van der Waals surface area contributed by atoms with Gasteiger partial charge < -0.3 is 4.90 Å². The number of rotatable bonds is 5. The Morgan fingerprint density at radius 3 is 2.58 bits per heavy atom. The van der Waals surface area contributed by atoms with Crippen LogP contribution in [0.3, 0.4) is 0 Å². The first kappa shape index (κ1) is 19.8. The molecule has 3 heterocycles. The van der Waals surface area contributed by atoms with Gasteiger partial charge in [-0.1, -0.05) is 66.4 Å². The minimum Gasteiger partial charge on any atom is -0.339 e. The van der Waals surface area contributed by atoms with Crippen LogP contribution >= 0.6 is 11.8 Å². The summed E-state index contributed by atoms with van der Waals surface area (Å²) in [7, 11) is 0. The highest BCUT2D eigenvalue weighted by atomic mass is 32.2. The smallest absolute Gasteiger partial charge is 0.233 e. The van der Waals surface area contributed by atoms with Crippen LogP contribution in [-0.4, -0.2) is 68.5 Å². The van der Waals surface area contributed by atoms with E-state index in [1.54, 1.807) is 0 Å². The van der Waals surface area contributed by atoms with Crippen LogP contribution in [0.2, 0.25) is 0 Å². The highest BCUT2D eigenvalue weighted by Gasteiger charge is 2.31. The molecule has 0 spiro atoms. The highest BCUT2D eigenvalue weighted by Crippen LogP contribution is 2.29. The second kappa shape index (κ2) is 8.91. The average molecular weight is 434 g/mol. The van der Waals surface area contributed by atoms with Crippen LogP contribution in [0.5, 0.6) is 0 Å². The number of amides is 1. The molecule has 8 nitrogen and oxygen atoms in total. The minimum atomic E-state index is 0.00415. The van der Waals surface area contributed by atoms with Gasteiger partial charge in [0.2, 0.25) is 5.91 Å². The summed E-state index contributed by atoms with van der Waals surface area (Å²) < 4.78 is 0. The normalized spacial score (nSPS) is 18.8. The van der Waals surface area contributed by atoms with Crippen molar-refractivity contribution in [2.75, 3.05) is 31.9 Å². The van der Waals surface area contributed by atoms with Crippen molar-refractivity contribution >= 4 is 23.4 Å². The third-order valence-corrected chi connectivity index (χ3v) is 6.48. The second-order valence-corrected chi connectivity index (χ2v) is 8.41. The van der Waals surface area contributed by atoms with Gasteiger partial charge in [0.1, 0.15) is 12.5 Å². The van der Waals surface area contributed by atoms with Crippen molar-refractivity contribution in [3.63, 3.8) is 0 Å². The quantitative estimate of drug-likeness (QED) is 0.599. The number of nitrogens with one attached hydrogen (secondary N) is 2. The summed E-state index contributed by atoms with van der Waals surface area (Å²) in [6.45, 7) is 2.98. The number of H-pyrrole nitrogens is 1. The Morgan fingerprint density at radius 1 is 1.03 bits per heavy atom. The van der Waals surface area contributed by atoms with Crippen LogP contribution in [-0.2, 0) is 4.79 Å². The van der Waals surface area contributed by atoms with Gasteiger partial charge in [-0.3, -0.25) is 20.2 Å². The molecule has 2 aliphatic rings. The van der Waals surface area contributed by atoms with E-state index < -0.39 is 0 Å². The molecule has 1 saturated heterocycles. The number of hydrogen-bond acceptors (Lipinski definition) is 7. The molecule has 1 amide bonds. The molecule has 3 aromatic rings. The number of benzene rings is 2. The first-order valence-corrected chi connectivity index (χ1v) is 11.3. The SMILES string of the molecule is O=C(CSc1ncn[nH]1)N1CCN(C2NN=C(c3ccccc3)c3ccccc32)CC1. The molecule has 2 aromatic carbocycles. The zero-order chi connectivity index (χ0) is 21.0. The molecule has 9 heteroatoms. The molecule has 1 aromatic heterocycles. The summed E-state index contributed by atoms with van der Waals surface area (Å²) >= 11 is 1.38. The maximum absolute atomic E-state index is 12.6. The van der Waals surface area contributed by atoms with Crippen molar-refractivity contribution in [1.82, 2.24) is 30.4 Å². The van der Waals surface area contributed by atoms with E-state index in [0.29, 0.717) is 24.0 Å². The molecule has 0 aliphatic carbocycles. The first-order chi connectivity index (χ1) is 15.3. The van der Waals surface area contributed by atoms with Crippen LogP contribution in [0.25, 0.3) is 0 Å². The zero-order valence-electron chi connectivity index (χ0n) is 16.9. The van der Waals surface area contributed by atoms with E-state index in [-0.39, 0.29) is 12.1 Å². The Kier molecular flexibility index (Phi) is 5.68. The Balaban J connectivity index is 1.25. The van der Waals surface area contributed by atoms with Crippen molar-refractivity contribution in [3.05, 3.63) is 77.6 Å². The molecule has 1 atom stereocenters. The summed E-state index contributed by atoms with van der Waals surface area (Å²) in [6.07, 6.45) is 1.45. The molecule has 31 heavy (non-hydrogen) atoms. The van der Waals surface area contributed by atoms with Gasteiger partial charge in [-0.05, 0) is 5.56 Å². The summed E-state index contributed by atoms with van der Waals surface area (Å²) in [6, 6.07) is 18.7. The van der Waals surface area contributed by atoms with Gasteiger partial charge in [0.05, 0.1) is 11.5 Å². The number of piperazine rings is 1. The Labute approximate surface area is 184 Å². The van der Waals surface area contributed by atoms with Gasteiger partial charge in [-0.25, -0.2) is 4.98 Å². The fourth-order valence-electron chi connectivity index (χ4n) is 4.02. The lowest BCUT2D eigenvalue weighted by molar-refractivity contribution is -0.130. The lowest BCUT2D eigenvalue weighted by Gasteiger charge is -2.41. The van der Waals surface area contributed by atoms with Crippen LogP contribution < -0.4 is 5.43 Å². The maximum Gasteiger partial charge on any atom is 0.233 e. The van der Waals surface area contributed by atoms with Crippen LogP contribution in [0.4, 0.5) is 0 Å². The summed E-state index contributed by atoms with van der Waals surface area (Å²) in [5, 5.41) is 12.0. The van der Waals surface area contributed by atoms with Gasteiger partial charge in [0.15, 0.2) is 5.16 Å². The molecule has 0 bridgehead atoms. The van der Waals surface area contributed by atoms with Crippen molar-refractivity contribution in [2.45, 2.75) is 11.3 Å². The minimum absolute atomic E-state index is 0.00415. The van der Waals surface area contributed by atoms with E-state index in [1.165, 1.54) is 23.7 Å². The fourth-order valence-corrected chi connectivity index (χ4v) is 4.70. The summed E-state index contributed by atoms with van der Waals surface area (Å²) in [5.41, 5.74) is 7.80. The highest BCUT2D eigenvalue weighted by molar-refractivity contribution is 7.99. The number of fused-ring (bicyclic) bond motifs is 1. The Hall–Kier alpha value is -3.17. The van der Waals surface area contributed by atoms with Crippen LogP contribution in [0, 0.1) is 0 Å². The number of aromatic amines is 1. The van der Waals surface area contributed by atoms with Gasteiger partial charge >= 0.3 is 0 Å². The fraction of sp³-hybridized carbons (Fsp3) is 0.273. The van der Waals surface area contributed by atoms with Crippen molar-refractivity contribution in [1.29, 1.82) is 0 Å². The largest absolute Gasteiger partial charge is 0.339 e. The van der Waals surface area contributed by atoms with E-state index in [9.17, 15) is 4.79 Å². The Morgan fingerprint density at radius 2 is 1.81 bits per heavy atom. The number of hydrogen-bond donors (Lipinski definition) is 2. The van der Waals surface area contributed by atoms with E-state index in [1.807, 2.05) is 23.1 Å². The van der Waals surface area contributed by atoms with E-state index >= 15 is 0 Å². The van der Waals surface area contributed by atoms with Gasteiger partial charge in [0, 0.05) is 37.3 Å². The lowest BCUT2D eigenvalue weighted by atomic mass is 9.94. The molecule has 5 rings (SSSR count). The Bertz CT molecular complexity index is 1060. The molecule has 2 N–H and O–H groups in total. The number of carbonyl (C=O) groups is 1. The molecule has 0 radical (unpaired) electrons. The number of hydrazone groups is 1. The van der Waals surface area contributed by atoms with Gasteiger partial charge in [-0.15, -0.1) is 0 Å². The predicted octanol–water partition coefficient (Wildman–Crippen LogP) is 2.10. The van der Waals surface area contributed by atoms with Gasteiger partial charge in [-0.2, -0.15) is 10.2 Å². The zero-order valence-corrected chi connectivity index (χ0v) is 17.8. The van der Waals surface area contributed by atoms with E-state index in [2.05, 4.69) is 61.9 Å². The van der Waals surface area contributed by atoms with Crippen LogP contribution in [0.1, 0.15) is 22.9 Å². The predicted molar refractivity (Wildman–Crippen MR) is 120 cm³/mol. The van der Waals surface area contributed by atoms with E-state index in [4.69, 9.17) is 5.10 Å². The molecular weight excluding hydrogens is 410 g/mol. The molecule has 158 valence electrons. The van der Waals surface area contributed by atoms with Crippen molar-refractivity contribution in [2.24, 2.45) is 5.10 Å². The average Bonchev–Trinajstić information content (AvgIpc) is 3.36. The van der Waals surface area contributed by atoms with Crippen LogP contribution in [0.15, 0.2) is 71.2 Å². The molecule has 0 saturated carbocycles. The summed E-state index contributed by atoms with van der Waals surface area (Å²) in [5.74, 6) is 0.493.